The maximum atomic E-state index is 5.78. The van der Waals surface area contributed by atoms with Crippen LogP contribution in [0, 0.1) is 0 Å². The van der Waals surface area contributed by atoms with E-state index in [1.807, 2.05) is 0 Å². The molecule has 1 aliphatic heterocycles. The van der Waals surface area contributed by atoms with Crippen molar-refractivity contribution >= 4 is 9.05 Å². The molecule has 2 atom stereocenters. The lowest BCUT2D eigenvalue weighted by Crippen LogP contribution is -2.49. The quantitative estimate of drug-likeness (QED) is 0.464. The second kappa shape index (κ2) is 5.93. The van der Waals surface area contributed by atoms with Gasteiger partial charge in [-0.25, -0.2) is 0 Å². The molecule has 0 aromatic rings. The minimum absolute atomic E-state index is 0.0732. The van der Waals surface area contributed by atoms with Crippen molar-refractivity contribution in [1.82, 2.24) is 0 Å². The van der Waals surface area contributed by atoms with Gasteiger partial charge in [-0.05, 0) is 6.42 Å². The Morgan fingerprint density at radius 2 is 1.80 bits per heavy atom. The van der Waals surface area contributed by atoms with Gasteiger partial charge < -0.3 is 22.4 Å². The Bertz CT molecular complexity index is 173. The van der Waals surface area contributed by atoms with E-state index < -0.39 is 9.05 Å². The molecule has 1 heterocycles. The zero-order valence-electron chi connectivity index (χ0n) is 9.82. The minimum Gasteiger partial charge on any atom is -0.373 e. The van der Waals surface area contributed by atoms with Crippen molar-refractivity contribution in [2.24, 2.45) is 0 Å². The molecule has 1 aliphatic rings. The van der Waals surface area contributed by atoms with Gasteiger partial charge in [-0.1, -0.05) is 6.92 Å². The van der Waals surface area contributed by atoms with Crippen molar-refractivity contribution < 1.29 is 22.4 Å². The van der Waals surface area contributed by atoms with Gasteiger partial charge in [0.2, 0.25) is 0 Å². The van der Waals surface area contributed by atoms with Gasteiger partial charge in [-0.3, -0.25) is 0 Å². The normalized spacial score (nSPS) is 22.8. The zero-order valence-corrected chi connectivity index (χ0v) is 10.8. The van der Waals surface area contributed by atoms with E-state index in [-0.39, 0.29) is 6.10 Å². The van der Waals surface area contributed by atoms with Gasteiger partial charge in [0.25, 0.3) is 0 Å². The van der Waals surface area contributed by atoms with Crippen LogP contribution in [-0.2, 0) is 22.4 Å². The van der Waals surface area contributed by atoms with Crippen molar-refractivity contribution in [3.05, 3.63) is 0 Å². The highest BCUT2D eigenvalue weighted by atomic mass is 28.4. The largest absolute Gasteiger partial charge is 0.679 e. The molecule has 0 bridgehead atoms. The van der Waals surface area contributed by atoms with Gasteiger partial charge in [0.15, 0.2) is 0 Å². The van der Waals surface area contributed by atoms with E-state index in [2.05, 4.69) is 6.92 Å². The van der Waals surface area contributed by atoms with Crippen LogP contribution in [0.15, 0.2) is 0 Å². The fourth-order valence-electron chi connectivity index (χ4n) is 1.39. The van der Waals surface area contributed by atoms with Crippen LogP contribution >= 0.6 is 0 Å². The van der Waals surface area contributed by atoms with Gasteiger partial charge in [-0.15, -0.1) is 0 Å². The molecule has 0 radical (unpaired) electrons. The Labute approximate surface area is 92.1 Å². The molecule has 1 saturated heterocycles. The number of epoxide rings is 1. The molecular weight excluding hydrogens is 216 g/mol. The van der Waals surface area contributed by atoms with E-state index in [1.165, 1.54) is 0 Å². The van der Waals surface area contributed by atoms with Crippen molar-refractivity contribution in [1.29, 1.82) is 0 Å². The van der Waals surface area contributed by atoms with Crippen molar-refractivity contribution in [3.8, 4) is 0 Å². The van der Waals surface area contributed by atoms with Gasteiger partial charge in [-0.2, -0.15) is 0 Å². The first-order valence-electron chi connectivity index (χ1n) is 5.14. The van der Waals surface area contributed by atoms with Crippen LogP contribution in [0.4, 0.5) is 0 Å². The third-order valence-electron chi connectivity index (χ3n) is 2.44. The summed E-state index contributed by atoms with van der Waals surface area (Å²) in [5.74, 6) is 0. The maximum Gasteiger partial charge on any atom is 0.679 e. The maximum absolute atomic E-state index is 5.78. The molecule has 0 saturated carbocycles. The molecule has 0 N–H and O–H groups in total. The summed E-state index contributed by atoms with van der Waals surface area (Å²) < 4.78 is 26.6. The molecular formula is C9H20O5Si. The van der Waals surface area contributed by atoms with Gasteiger partial charge in [0, 0.05) is 27.8 Å². The summed E-state index contributed by atoms with van der Waals surface area (Å²) in [5, 5.41) is 0. The predicted octanol–water partition coefficient (Wildman–Crippen LogP) is 0.945. The average molecular weight is 236 g/mol. The molecule has 6 heteroatoms. The molecule has 15 heavy (non-hydrogen) atoms. The molecule has 1 fully saturated rings. The minimum atomic E-state index is -2.90. The molecule has 0 spiro atoms. The lowest BCUT2D eigenvalue weighted by Gasteiger charge is -2.27. The third-order valence-corrected chi connectivity index (χ3v) is 4.57. The van der Waals surface area contributed by atoms with E-state index >= 15 is 0 Å². The van der Waals surface area contributed by atoms with Crippen molar-refractivity contribution in [3.63, 3.8) is 0 Å². The summed E-state index contributed by atoms with van der Waals surface area (Å²) in [5.41, 5.74) is 0. The number of rotatable bonds is 8. The smallest absolute Gasteiger partial charge is 0.373 e. The fraction of sp³-hybridized carbons (Fsp3) is 1.00. The Kier molecular flexibility index (Phi) is 5.17. The first-order valence-corrected chi connectivity index (χ1v) is 6.77. The summed E-state index contributed by atoms with van der Waals surface area (Å²) in [6.07, 6.45) is 2.18. The highest BCUT2D eigenvalue weighted by Gasteiger charge is 2.45. The molecule has 0 aromatic heterocycles. The second-order valence-electron chi connectivity index (χ2n) is 3.45. The Morgan fingerprint density at radius 3 is 2.13 bits per heavy atom. The van der Waals surface area contributed by atoms with E-state index in [4.69, 9.17) is 22.4 Å². The van der Waals surface area contributed by atoms with E-state index in [0.717, 1.165) is 19.4 Å². The van der Waals surface area contributed by atoms with Crippen LogP contribution in [0.2, 0.25) is 0 Å². The Hall–Kier alpha value is 0.0169. The lowest BCUT2D eigenvalue weighted by molar-refractivity contribution is -0.0268. The lowest BCUT2D eigenvalue weighted by atomic mass is 10.2. The van der Waals surface area contributed by atoms with Crippen LogP contribution in [-0.4, -0.2) is 49.2 Å². The zero-order chi connectivity index (χ0) is 11.3. The Morgan fingerprint density at radius 1 is 1.27 bits per heavy atom. The van der Waals surface area contributed by atoms with E-state index in [9.17, 15) is 0 Å². The monoisotopic (exact) mass is 236 g/mol. The van der Waals surface area contributed by atoms with Crippen LogP contribution < -0.4 is 0 Å². The van der Waals surface area contributed by atoms with Gasteiger partial charge in [0.05, 0.1) is 18.8 Å². The highest BCUT2D eigenvalue weighted by Crippen LogP contribution is 2.22. The van der Waals surface area contributed by atoms with Crippen LogP contribution in [0.25, 0.3) is 0 Å². The molecule has 5 nitrogen and oxygen atoms in total. The molecule has 2 unspecified atom stereocenters. The number of hydrogen-bond donors (Lipinski definition) is 0. The predicted molar refractivity (Wildman–Crippen MR) is 56.3 cm³/mol. The van der Waals surface area contributed by atoms with E-state index in [0.29, 0.717) is 6.10 Å². The second-order valence-corrected chi connectivity index (χ2v) is 5.91. The third kappa shape index (κ3) is 3.82. The van der Waals surface area contributed by atoms with Crippen LogP contribution in [0.3, 0.4) is 0 Å². The van der Waals surface area contributed by atoms with Crippen molar-refractivity contribution in [2.45, 2.75) is 32.0 Å². The van der Waals surface area contributed by atoms with Gasteiger partial charge >= 0.3 is 9.05 Å². The summed E-state index contributed by atoms with van der Waals surface area (Å²) in [6.45, 7) is 2.90. The summed E-state index contributed by atoms with van der Waals surface area (Å²) in [7, 11) is 1.73. The number of hydrogen-bond acceptors (Lipinski definition) is 5. The molecule has 90 valence electrons. The molecule has 0 amide bonds. The fourth-order valence-corrected chi connectivity index (χ4v) is 2.85. The molecule has 1 rings (SSSR count). The Balaban J connectivity index is 2.44. The van der Waals surface area contributed by atoms with Crippen LogP contribution in [0.5, 0.6) is 0 Å². The highest BCUT2D eigenvalue weighted by molar-refractivity contribution is 6.53. The first kappa shape index (κ1) is 13.1. The topological polar surface area (TPSA) is 49.5 Å². The van der Waals surface area contributed by atoms with E-state index in [1.54, 1.807) is 21.3 Å². The summed E-state index contributed by atoms with van der Waals surface area (Å²) in [6, 6.07) is 0. The molecule has 0 aliphatic carbocycles. The van der Waals surface area contributed by atoms with Crippen LogP contribution in [0.1, 0.15) is 19.8 Å². The summed E-state index contributed by atoms with van der Waals surface area (Å²) >= 11 is 0. The van der Waals surface area contributed by atoms with Crippen molar-refractivity contribution in [2.75, 3.05) is 27.9 Å². The first-order chi connectivity index (χ1) is 7.19. The number of ether oxygens (including phenoxy) is 1. The standard InChI is InChI=1S/C9H20O5Si/c1-5-8(6-9-7-13-9)14-15(10-2,11-3)12-4/h8-9H,5-7H2,1-4H3. The van der Waals surface area contributed by atoms with Gasteiger partial charge in [0.1, 0.15) is 0 Å². The average Bonchev–Trinajstić information content (AvgIpc) is 3.08. The summed E-state index contributed by atoms with van der Waals surface area (Å²) in [4.78, 5) is 0. The molecule has 0 aromatic carbocycles. The SMILES string of the molecule is CCC(CC1CO1)O[Si](OC)(OC)OC.